The minimum absolute atomic E-state index is 0. The summed E-state index contributed by atoms with van der Waals surface area (Å²) >= 11 is 0. The first kappa shape index (κ1) is 17.8. The number of hydrogen-bond acceptors (Lipinski definition) is 3. The van der Waals surface area contributed by atoms with Crippen molar-refractivity contribution in [2.45, 2.75) is 6.42 Å². The molecule has 26 heavy (non-hydrogen) atoms. The van der Waals surface area contributed by atoms with Crippen LogP contribution >= 0.6 is 12.4 Å². The molecule has 4 aromatic rings. The Hall–Kier alpha value is -3.04. The summed E-state index contributed by atoms with van der Waals surface area (Å²) in [5.74, 6) is 0.780. The molecule has 0 fully saturated rings. The molecular formula is C22H19ClN2O. The molecule has 0 aliphatic rings. The average molecular weight is 363 g/mol. The molecule has 1 heterocycles. The van der Waals surface area contributed by atoms with E-state index in [0.717, 1.165) is 29.1 Å². The molecule has 4 rings (SSSR count). The molecule has 0 radical (unpaired) electrons. The molecule has 0 atom stereocenters. The van der Waals surface area contributed by atoms with Crippen LogP contribution in [0, 0.1) is 0 Å². The normalized spacial score (nSPS) is 10.2. The molecule has 0 aliphatic heterocycles. The van der Waals surface area contributed by atoms with E-state index in [-0.39, 0.29) is 12.4 Å². The number of para-hydroxylation sites is 1. The lowest BCUT2D eigenvalue weighted by molar-refractivity contribution is 0.432. The highest BCUT2D eigenvalue weighted by Gasteiger charge is 2.13. The van der Waals surface area contributed by atoms with Crippen LogP contribution in [0.15, 0.2) is 95.6 Å². The molecule has 0 unspecified atom stereocenters. The first-order chi connectivity index (χ1) is 12.4. The van der Waals surface area contributed by atoms with Crippen molar-refractivity contribution < 1.29 is 4.52 Å². The Morgan fingerprint density at radius 3 is 2.19 bits per heavy atom. The summed E-state index contributed by atoms with van der Waals surface area (Å²) in [6.07, 6.45) is 2.49. The Labute approximate surface area is 159 Å². The van der Waals surface area contributed by atoms with Crippen molar-refractivity contribution in [3.8, 4) is 11.3 Å². The molecule has 1 N–H and O–H groups in total. The predicted molar refractivity (Wildman–Crippen MR) is 108 cm³/mol. The lowest BCUT2D eigenvalue weighted by Gasteiger charge is -2.15. The van der Waals surface area contributed by atoms with Crippen molar-refractivity contribution in [3.05, 3.63) is 102 Å². The summed E-state index contributed by atoms with van der Waals surface area (Å²) in [6.45, 7) is 0. The van der Waals surface area contributed by atoms with Gasteiger partial charge >= 0.3 is 0 Å². The summed E-state index contributed by atoms with van der Waals surface area (Å²) < 4.78 is 5.43. The third kappa shape index (κ3) is 3.95. The number of halogens is 1. The van der Waals surface area contributed by atoms with Gasteiger partial charge in [-0.25, -0.2) is 0 Å². The van der Waals surface area contributed by atoms with Crippen molar-refractivity contribution >= 4 is 23.8 Å². The first-order valence-electron chi connectivity index (χ1n) is 8.29. The predicted octanol–water partition coefficient (Wildman–Crippen LogP) is 6.10. The average Bonchev–Trinajstić information content (AvgIpc) is 3.19. The number of nitrogens with zero attached hydrogens (tertiary/aromatic N) is 1. The molecule has 0 bridgehead atoms. The van der Waals surface area contributed by atoms with Gasteiger partial charge in [0.2, 0.25) is 0 Å². The summed E-state index contributed by atoms with van der Waals surface area (Å²) in [5.41, 5.74) is 5.64. The van der Waals surface area contributed by atoms with Crippen LogP contribution in [0.25, 0.3) is 11.3 Å². The topological polar surface area (TPSA) is 38.1 Å². The van der Waals surface area contributed by atoms with Crippen LogP contribution < -0.4 is 5.32 Å². The van der Waals surface area contributed by atoms with E-state index in [9.17, 15) is 0 Å². The maximum absolute atomic E-state index is 5.43. The van der Waals surface area contributed by atoms with Gasteiger partial charge in [-0.3, -0.25) is 0 Å². The first-order valence-corrected chi connectivity index (χ1v) is 8.29. The Morgan fingerprint density at radius 2 is 1.50 bits per heavy atom. The number of nitrogens with one attached hydrogen (secondary N) is 1. The Kier molecular flexibility index (Phi) is 5.72. The standard InChI is InChI=1S/C22H18N2O.ClH/c1-3-8-17(9-4-1)16-20-19(22-14-15-23-25-22)12-7-13-21(20)24-18-10-5-2-6-11-18;/h1-15,24H,16H2;1H. The minimum Gasteiger partial charge on any atom is -0.356 e. The molecule has 3 aromatic carbocycles. The SMILES string of the molecule is Cl.c1ccc(Cc2c(Nc3ccccc3)cccc2-c2ccno2)cc1. The molecule has 130 valence electrons. The van der Waals surface area contributed by atoms with Gasteiger partial charge in [-0.15, -0.1) is 12.4 Å². The minimum atomic E-state index is 0. The summed E-state index contributed by atoms with van der Waals surface area (Å²) in [5, 5.41) is 7.40. The highest BCUT2D eigenvalue weighted by molar-refractivity contribution is 5.85. The number of anilines is 2. The van der Waals surface area contributed by atoms with E-state index in [0.29, 0.717) is 0 Å². The van der Waals surface area contributed by atoms with Crippen LogP contribution in [-0.4, -0.2) is 5.16 Å². The zero-order valence-corrected chi connectivity index (χ0v) is 14.9. The van der Waals surface area contributed by atoms with E-state index >= 15 is 0 Å². The zero-order chi connectivity index (χ0) is 16.9. The fourth-order valence-electron chi connectivity index (χ4n) is 2.96. The fraction of sp³-hybridized carbons (Fsp3) is 0.0455. The largest absolute Gasteiger partial charge is 0.356 e. The highest BCUT2D eigenvalue weighted by atomic mass is 35.5. The number of hydrogen-bond donors (Lipinski definition) is 1. The second-order valence-corrected chi connectivity index (χ2v) is 5.86. The Balaban J connectivity index is 0.00000196. The quantitative estimate of drug-likeness (QED) is 0.466. The van der Waals surface area contributed by atoms with E-state index in [1.807, 2.05) is 36.4 Å². The van der Waals surface area contributed by atoms with Crippen molar-refractivity contribution in [1.29, 1.82) is 0 Å². The van der Waals surface area contributed by atoms with Crippen LogP contribution in [0.3, 0.4) is 0 Å². The smallest absolute Gasteiger partial charge is 0.167 e. The van der Waals surface area contributed by atoms with Crippen molar-refractivity contribution in [1.82, 2.24) is 5.16 Å². The van der Waals surface area contributed by atoms with Crippen LogP contribution in [0.4, 0.5) is 11.4 Å². The Morgan fingerprint density at radius 1 is 0.769 bits per heavy atom. The monoisotopic (exact) mass is 362 g/mol. The summed E-state index contributed by atoms with van der Waals surface area (Å²) in [6, 6.07) is 28.8. The third-order valence-electron chi connectivity index (χ3n) is 4.16. The van der Waals surface area contributed by atoms with Gasteiger partial charge < -0.3 is 9.84 Å². The van der Waals surface area contributed by atoms with Gasteiger partial charge in [0, 0.05) is 29.4 Å². The van der Waals surface area contributed by atoms with Gasteiger partial charge in [0.05, 0.1) is 6.20 Å². The maximum Gasteiger partial charge on any atom is 0.167 e. The second-order valence-electron chi connectivity index (χ2n) is 5.86. The molecule has 3 nitrogen and oxygen atoms in total. The van der Waals surface area contributed by atoms with E-state index < -0.39 is 0 Å². The van der Waals surface area contributed by atoms with Crippen LogP contribution in [0.2, 0.25) is 0 Å². The van der Waals surface area contributed by atoms with Crippen LogP contribution in [-0.2, 0) is 6.42 Å². The molecule has 0 aliphatic carbocycles. The van der Waals surface area contributed by atoms with Gasteiger partial charge in [0.25, 0.3) is 0 Å². The van der Waals surface area contributed by atoms with E-state index in [4.69, 9.17) is 4.52 Å². The van der Waals surface area contributed by atoms with Crippen molar-refractivity contribution in [2.75, 3.05) is 5.32 Å². The zero-order valence-electron chi connectivity index (χ0n) is 14.1. The Bertz CT molecular complexity index is 939. The second kappa shape index (κ2) is 8.37. The fourth-order valence-corrected chi connectivity index (χ4v) is 2.96. The third-order valence-corrected chi connectivity index (χ3v) is 4.16. The summed E-state index contributed by atoms with van der Waals surface area (Å²) in [4.78, 5) is 0. The van der Waals surface area contributed by atoms with Gasteiger partial charge in [-0.2, -0.15) is 0 Å². The van der Waals surface area contributed by atoms with E-state index in [2.05, 4.69) is 59.0 Å². The molecule has 0 saturated heterocycles. The lowest BCUT2D eigenvalue weighted by Crippen LogP contribution is -1.99. The highest BCUT2D eigenvalue weighted by Crippen LogP contribution is 2.32. The molecular weight excluding hydrogens is 344 g/mol. The molecule has 1 aromatic heterocycles. The van der Waals surface area contributed by atoms with E-state index in [1.54, 1.807) is 6.20 Å². The lowest BCUT2D eigenvalue weighted by atomic mass is 9.96. The summed E-state index contributed by atoms with van der Waals surface area (Å²) in [7, 11) is 0. The number of benzene rings is 3. The number of rotatable bonds is 5. The molecule has 0 saturated carbocycles. The van der Waals surface area contributed by atoms with E-state index in [1.165, 1.54) is 11.1 Å². The number of aromatic nitrogens is 1. The maximum atomic E-state index is 5.43. The van der Waals surface area contributed by atoms with Crippen LogP contribution in [0.5, 0.6) is 0 Å². The van der Waals surface area contributed by atoms with Gasteiger partial charge in [-0.05, 0) is 29.3 Å². The molecule has 0 amide bonds. The van der Waals surface area contributed by atoms with Crippen molar-refractivity contribution in [3.63, 3.8) is 0 Å². The molecule has 4 heteroatoms. The van der Waals surface area contributed by atoms with Gasteiger partial charge in [0.15, 0.2) is 5.76 Å². The molecule has 0 spiro atoms. The van der Waals surface area contributed by atoms with Crippen molar-refractivity contribution in [2.24, 2.45) is 0 Å². The van der Waals surface area contributed by atoms with Gasteiger partial charge in [0.1, 0.15) is 0 Å². The van der Waals surface area contributed by atoms with Gasteiger partial charge in [-0.1, -0.05) is 65.8 Å². The van der Waals surface area contributed by atoms with Crippen LogP contribution in [0.1, 0.15) is 11.1 Å².